The molecule has 0 atom stereocenters. The molecule has 19 nitrogen and oxygen atoms in total. The molecule has 0 saturated carbocycles. The number of phenolic OH excluding ortho intramolecular Hbond substituents is 4. The van der Waals surface area contributed by atoms with Gasteiger partial charge in [0.15, 0.2) is 34.4 Å². The molecule has 4 aromatic heterocycles. The molecule has 5 N–H and O–H groups in total. The van der Waals surface area contributed by atoms with Crippen LogP contribution in [0.25, 0.3) is 87.7 Å². The molecule has 13 aromatic rings. The molecule has 1 amide bonds. The molecular formula is C72H49N3O16S. The molecule has 0 unspecified atom stereocenters. The molecule has 1 aliphatic carbocycles. The van der Waals surface area contributed by atoms with Gasteiger partial charge in [0.1, 0.15) is 27.8 Å². The summed E-state index contributed by atoms with van der Waals surface area (Å²) in [4.78, 5) is 81.4. The van der Waals surface area contributed by atoms with Crippen molar-refractivity contribution in [1.82, 2.24) is 9.97 Å². The minimum Gasteiger partial charge on any atom is -0.508 e. The minimum absolute atomic E-state index is 0.0325. The van der Waals surface area contributed by atoms with Gasteiger partial charge in [-0.3, -0.25) is 19.2 Å². The van der Waals surface area contributed by atoms with Crippen LogP contribution in [0.15, 0.2) is 229 Å². The van der Waals surface area contributed by atoms with E-state index in [2.05, 4.69) is 15.3 Å². The summed E-state index contributed by atoms with van der Waals surface area (Å²) in [6.45, 7) is 3.53. The van der Waals surface area contributed by atoms with Crippen molar-refractivity contribution >= 4 is 106 Å². The van der Waals surface area contributed by atoms with Crippen LogP contribution in [0.3, 0.4) is 0 Å². The van der Waals surface area contributed by atoms with Gasteiger partial charge < -0.3 is 53.2 Å². The van der Waals surface area contributed by atoms with Crippen molar-refractivity contribution in [3.8, 4) is 62.5 Å². The molecule has 92 heavy (non-hydrogen) atoms. The van der Waals surface area contributed by atoms with E-state index in [1.165, 1.54) is 54.7 Å². The van der Waals surface area contributed by atoms with Crippen LogP contribution < -0.4 is 30.8 Å². The summed E-state index contributed by atoms with van der Waals surface area (Å²) in [7, 11) is 0. The Hall–Kier alpha value is -12.4. The number of aromatic nitrogens is 2. The summed E-state index contributed by atoms with van der Waals surface area (Å²) in [5.41, 5.74) is 5.20. The predicted molar refractivity (Wildman–Crippen MR) is 347 cm³/mol. The standard InChI is InChI=1S/C21H15NO2.C18H11NO5.C17H14O5.C16H9NO4S/c23-20(18-13-12-15-7-1-3-9-16(15)18)21(24)22-19-11-5-8-14-6-2-4-10-17(14)19;1-10(20)22-12-6-7-14-13(9-12)18(21)24-17(19-14)16-8-11-4-2-3-5-15(11)23-16;1-2-21-15-7-10(3-6-13(15)19)8-16-17(20)12-5-4-11(18)9-14(12)22-16;18-11-6-5-8-7-9(16(20)21-14(8)13(11)19)15-17-10-3-1-2-4-12(10)22-15/h1-11,13H,12H2,(H,22,24);2-9H,1H3;3-9,18-19H,2H2,1H3;1-7,18-19H/b;;16-8-;. The number of nitrogens with zero attached hydrogens (tertiary/aromatic N) is 2. The zero-order valence-corrected chi connectivity index (χ0v) is 49.4. The Labute approximate surface area is 524 Å². The van der Waals surface area contributed by atoms with Crippen molar-refractivity contribution in [2.24, 2.45) is 0 Å². The molecule has 2 aliphatic rings. The molecule has 454 valence electrons. The normalized spacial score (nSPS) is 12.4. The number of allylic oxidation sites excluding steroid dienone is 2. The van der Waals surface area contributed by atoms with Gasteiger partial charge in [0.2, 0.25) is 11.5 Å². The van der Waals surface area contributed by atoms with Gasteiger partial charge in [-0.25, -0.2) is 19.6 Å². The number of aromatic hydroxyl groups is 4. The summed E-state index contributed by atoms with van der Waals surface area (Å²) in [5, 5.41) is 45.2. The van der Waals surface area contributed by atoms with Crippen LogP contribution in [-0.2, 0) is 20.8 Å². The number of benzene rings is 9. The van der Waals surface area contributed by atoms with E-state index in [1.807, 2.05) is 128 Å². The average Bonchev–Trinajstić information content (AvgIpc) is 1.35. The first-order valence-electron chi connectivity index (χ1n) is 28.4. The number of furan rings is 1. The van der Waals surface area contributed by atoms with Gasteiger partial charge in [0.25, 0.3) is 17.6 Å². The van der Waals surface area contributed by atoms with Crippen LogP contribution >= 0.6 is 11.3 Å². The fourth-order valence-electron chi connectivity index (χ4n) is 10.1. The van der Waals surface area contributed by atoms with Crippen molar-refractivity contribution < 1.29 is 67.1 Å². The van der Waals surface area contributed by atoms with E-state index in [0.29, 0.717) is 79.7 Å². The van der Waals surface area contributed by atoms with E-state index in [4.69, 9.17) is 27.5 Å². The highest BCUT2D eigenvalue weighted by Gasteiger charge is 2.29. The Morgan fingerprint density at radius 1 is 0.641 bits per heavy atom. The highest BCUT2D eigenvalue weighted by molar-refractivity contribution is 7.21. The lowest BCUT2D eigenvalue weighted by Gasteiger charge is -2.09. The number of amides is 1. The SMILES string of the molecule is CC(=O)Oc1ccc2nc(-c3cc4ccccc4o3)oc(=O)c2c1.CCOc1cc(/C=C2\Oc3cc(O)ccc3C2=O)ccc1O.O=C(Nc1cccc2ccccc12)C(=O)C1=CCc2ccccc21.O=c1oc2c(O)c(O)ccc2cc1-c1nc2ccccc2s1. The van der Waals surface area contributed by atoms with Crippen molar-refractivity contribution in [2.75, 3.05) is 11.9 Å². The van der Waals surface area contributed by atoms with Gasteiger partial charge >= 0.3 is 17.2 Å². The lowest BCUT2D eigenvalue weighted by molar-refractivity contribution is -0.131. The smallest absolute Gasteiger partial charge is 0.347 e. The summed E-state index contributed by atoms with van der Waals surface area (Å²) in [5.74, 6) is -0.926. The van der Waals surface area contributed by atoms with Crippen LogP contribution in [0, 0.1) is 0 Å². The number of Topliss-reactive ketones (excluding diaryl/α,β-unsaturated/α-hetero) is 2. The van der Waals surface area contributed by atoms with Crippen LogP contribution in [0.4, 0.5) is 5.69 Å². The Morgan fingerprint density at radius 3 is 2.22 bits per heavy atom. The molecule has 0 fully saturated rings. The number of esters is 1. The maximum Gasteiger partial charge on any atom is 0.347 e. The van der Waals surface area contributed by atoms with Gasteiger partial charge in [-0.15, -0.1) is 11.3 Å². The number of rotatable bonds is 9. The fourth-order valence-corrected chi connectivity index (χ4v) is 11.1. The second-order valence-electron chi connectivity index (χ2n) is 20.6. The number of phenols is 4. The summed E-state index contributed by atoms with van der Waals surface area (Å²) >= 11 is 1.40. The van der Waals surface area contributed by atoms with Gasteiger partial charge in [0, 0.05) is 40.4 Å². The third-order valence-electron chi connectivity index (χ3n) is 14.4. The van der Waals surface area contributed by atoms with Gasteiger partial charge in [-0.2, -0.15) is 0 Å². The molecule has 0 saturated heterocycles. The summed E-state index contributed by atoms with van der Waals surface area (Å²) < 4.78 is 32.8. The fraction of sp³-hybridized carbons (Fsp3) is 0.0556. The average molecular weight is 1240 g/mol. The molecule has 15 rings (SSSR count). The second kappa shape index (κ2) is 25.7. The van der Waals surface area contributed by atoms with Crippen molar-refractivity contribution in [3.05, 3.63) is 249 Å². The maximum atomic E-state index is 12.6. The lowest BCUT2D eigenvalue weighted by atomic mass is 10.0. The Morgan fingerprint density at radius 2 is 1.40 bits per heavy atom. The molecule has 9 aromatic carbocycles. The van der Waals surface area contributed by atoms with Crippen LogP contribution in [-0.4, -0.2) is 60.4 Å². The monoisotopic (exact) mass is 1240 g/mol. The van der Waals surface area contributed by atoms with Crippen LogP contribution in [0.1, 0.15) is 40.9 Å². The molecule has 20 heteroatoms. The number of para-hydroxylation sites is 2. The zero-order valence-electron chi connectivity index (χ0n) is 48.5. The number of nitrogens with one attached hydrogen (secondary N) is 1. The highest BCUT2D eigenvalue weighted by Crippen LogP contribution is 2.38. The van der Waals surface area contributed by atoms with E-state index >= 15 is 0 Å². The number of hydrogen-bond acceptors (Lipinski definition) is 19. The first-order valence-corrected chi connectivity index (χ1v) is 29.2. The number of hydrogen-bond donors (Lipinski definition) is 5. The molecule has 0 radical (unpaired) electrons. The van der Waals surface area contributed by atoms with E-state index in [-0.39, 0.29) is 51.4 Å². The largest absolute Gasteiger partial charge is 0.508 e. The van der Waals surface area contributed by atoms with Gasteiger partial charge in [0.05, 0.1) is 38.9 Å². The van der Waals surface area contributed by atoms with Crippen LogP contribution in [0.2, 0.25) is 0 Å². The highest BCUT2D eigenvalue weighted by atomic mass is 32.1. The molecule has 5 heterocycles. The predicted octanol–water partition coefficient (Wildman–Crippen LogP) is 14.1. The Kier molecular flexibility index (Phi) is 16.7. The number of anilines is 1. The number of carbonyl (C=O) groups is 4. The third-order valence-corrected chi connectivity index (χ3v) is 15.5. The molecular weight excluding hydrogens is 1190 g/mol. The number of carbonyl (C=O) groups excluding carboxylic acids is 4. The summed E-state index contributed by atoms with van der Waals surface area (Å²) in [6, 6.07) is 56.2. The minimum atomic E-state index is -0.604. The van der Waals surface area contributed by atoms with Crippen molar-refractivity contribution in [1.29, 1.82) is 0 Å². The Balaban J connectivity index is 0.000000118. The maximum absolute atomic E-state index is 12.6. The van der Waals surface area contributed by atoms with Crippen molar-refractivity contribution in [3.63, 3.8) is 0 Å². The number of ether oxygens (including phenoxy) is 3. The quantitative estimate of drug-likeness (QED) is 0.0224. The number of fused-ring (bicyclic) bond motifs is 7. The summed E-state index contributed by atoms with van der Waals surface area (Å²) in [6.07, 6.45) is 4.09. The number of ketones is 2. The third kappa shape index (κ3) is 12.7. The second-order valence-corrected chi connectivity index (χ2v) is 21.6. The first kappa shape index (κ1) is 59.9. The first-order chi connectivity index (χ1) is 44.5. The van der Waals surface area contributed by atoms with Gasteiger partial charge in [-0.1, -0.05) is 103 Å². The molecule has 1 aliphatic heterocycles. The van der Waals surface area contributed by atoms with Crippen molar-refractivity contribution in [2.45, 2.75) is 20.3 Å². The molecule has 0 spiro atoms. The Bertz CT molecular complexity index is 5240. The van der Waals surface area contributed by atoms with E-state index < -0.39 is 34.7 Å². The lowest BCUT2D eigenvalue weighted by Crippen LogP contribution is -2.23. The number of thiazole rings is 1. The van der Waals surface area contributed by atoms with Crippen LogP contribution in [0.5, 0.6) is 40.2 Å². The van der Waals surface area contributed by atoms with E-state index in [1.54, 1.807) is 48.5 Å². The van der Waals surface area contributed by atoms with E-state index in [9.17, 15) is 49.2 Å². The topological polar surface area (TPSA) is 288 Å². The van der Waals surface area contributed by atoms with Gasteiger partial charge in [-0.05, 0) is 132 Å². The molecule has 0 bridgehead atoms. The zero-order chi connectivity index (χ0) is 64.2. The van der Waals surface area contributed by atoms with E-state index in [0.717, 1.165) is 37.5 Å².